The van der Waals surface area contributed by atoms with Crippen LogP contribution in [0.25, 0.3) is 0 Å². The van der Waals surface area contributed by atoms with Crippen molar-refractivity contribution in [1.29, 1.82) is 0 Å². The van der Waals surface area contributed by atoms with Crippen LogP contribution in [-0.2, 0) is 4.79 Å². The van der Waals surface area contributed by atoms with Gasteiger partial charge >= 0.3 is 0 Å². The molecule has 3 N–H and O–H groups in total. The molecule has 1 aromatic rings. The number of nitrogens with one attached hydrogen (secondary N) is 1. The fraction of sp³-hybridized carbons (Fsp3) is 0.562. The molecule has 4 heteroatoms. The molecular weight excluding hydrogens is 268 g/mol. The van der Waals surface area contributed by atoms with Gasteiger partial charge in [-0.25, -0.2) is 0 Å². The third-order valence-corrected chi connectivity index (χ3v) is 5.11. The molecule has 1 unspecified atom stereocenters. The molecule has 0 aliphatic carbocycles. The second-order valence-corrected chi connectivity index (χ2v) is 6.98. The second-order valence-electron chi connectivity index (χ2n) is 5.49. The summed E-state index contributed by atoms with van der Waals surface area (Å²) in [5.74, 6) is 1.78. The van der Waals surface area contributed by atoms with Gasteiger partial charge in [0.25, 0.3) is 0 Å². The van der Waals surface area contributed by atoms with Crippen LogP contribution in [0.2, 0.25) is 0 Å². The lowest BCUT2D eigenvalue weighted by Gasteiger charge is -2.14. The zero-order valence-corrected chi connectivity index (χ0v) is 13.7. The smallest absolute Gasteiger partial charge is 0.224 e. The minimum Gasteiger partial charge on any atom is -0.398 e. The first kappa shape index (κ1) is 16.9. The molecule has 3 nitrogen and oxygen atoms in total. The Morgan fingerprint density at radius 2 is 2.05 bits per heavy atom. The van der Waals surface area contributed by atoms with Crippen molar-refractivity contribution in [3.63, 3.8) is 0 Å². The van der Waals surface area contributed by atoms with Gasteiger partial charge < -0.3 is 11.1 Å². The van der Waals surface area contributed by atoms with E-state index in [1.165, 1.54) is 0 Å². The highest BCUT2D eigenvalue weighted by Gasteiger charge is 2.09. The number of hydrogen-bond acceptors (Lipinski definition) is 3. The Morgan fingerprint density at radius 3 is 2.70 bits per heavy atom. The van der Waals surface area contributed by atoms with E-state index >= 15 is 0 Å². The van der Waals surface area contributed by atoms with Crippen LogP contribution in [0.1, 0.15) is 39.2 Å². The first-order chi connectivity index (χ1) is 9.41. The van der Waals surface area contributed by atoms with Gasteiger partial charge in [0, 0.05) is 23.0 Å². The fourth-order valence-electron chi connectivity index (χ4n) is 1.70. The maximum atomic E-state index is 11.9. The SMILES string of the molecule is Cc1c(N)cccc1NC(=O)CCCSC(C)C(C)C. The molecule has 1 atom stereocenters. The van der Waals surface area contributed by atoms with Crippen LogP contribution in [0.5, 0.6) is 0 Å². The molecule has 0 bridgehead atoms. The first-order valence-electron chi connectivity index (χ1n) is 7.18. The van der Waals surface area contributed by atoms with Crippen molar-refractivity contribution in [2.75, 3.05) is 16.8 Å². The lowest BCUT2D eigenvalue weighted by Crippen LogP contribution is -2.13. The lowest BCUT2D eigenvalue weighted by molar-refractivity contribution is -0.116. The quantitative estimate of drug-likeness (QED) is 0.588. The number of carbonyl (C=O) groups excluding carboxylic acids is 1. The minimum atomic E-state index is 0.0662. The van der Waals surface area contributed by atoms with Crippen LogP contribution in [-0.4, -0.2) is 16.9 Å². The van der Waals surface area contributed by atoms with E-state index < -0.39 is 0 Å². The third-order valence-electron chi connectivity index (χ3n) is 3.52. The summed E-state index contributed by atoms with van der Waals surface area (Å²) in [6.07, 6.45) is 1.47. The third kappa shape index (κ3) is 5.45. The number of hydrogen-bond donors (Lipinski definition) is 2. The molecule has 20 heavy (non-hydrogen) atoms. The number of rotatable bonds is 7. The predicted octanol–water partition coefficient (Wildman–Crippen LogP) is 4.07. The summed E-state index contributed by atoms with van der Waals surface area (Å²) in [6, 6.07) is 5.59. The summed E-state index contributed by atoms with van der Waals surface area (Å²) in [7, 11) is 0. The molecule has 1 aromatic carbocycles. The van der Waals surface area contributed by atoms with Crippen molar-refractivity contribution in [1.82, 2.24) is 0 Å². The highest BCUT2D eigenvalue weighted by molar-refractivity contribution is 7.99. The Labute approximate surface area is 126 Å². The molecule has 0 radical (unpaired) electrons. The number of nitrogens with two attached hydrogens (primary N) is 1. The van der Waals surface area contributed by atoms with Gasteiger partial charge in [0.15, 0.2) is 0 Å². The van der Waals surface area contributed by atoms with E-state index in [4.69, 9.17) is 5.73 Å². The normalized spacial score (nSPS) is 12.4. The molecule has 112 valence electrons. The Balaban J connectivity index is 2.32. The summed E-state index contributed by atoms with van der Waals surface area (Å²) < 4.78 is 0. The van der Waals surface area contributed by atoms with E-state index in [1.807, 2.05) is 36.9 Å². The average molecular weight is 294 g/mol. The molecule has 0 aromatic heterocycles. The van der Waals surface area contributed by atoms with Crippen LogP contribution in [0, 0.1) is 12.8 Å². The Kier molecular flexibility index (Phi) is 6.93. The first-order valence-corrected chi connectivity index (χ1v) is 8.23. The van der Waals surface area contributed by atoms with Gasteiger partial charge in [0.1, 0.15) is 0 Å². The molecule has 0 saturated carbocycles. The monoisotopic (exact) mass is 294 g/mol. The molecule has 0 aliphatic heterocycles. The Hall–Kier alpha value is -1.16. The van der Waals surface area contributed by atoms with Crippen LogP contribution in [0.3, 0.4) is 0 Å². The number of nitrogen functional groups attached to an aromatic ring is 1. The second kappa shape index (κ2) is 8.20. The number of anilines is 2. The molecule has 0 fully saturated rings. The van der Waals surface area contributed by atoms with Gasteiger partial charge in [-0.05, 0) is 42.7 Å². The summed E-state index contributed by atoms with van der Waals surface area (Å²) in [5.41, 5.74) is 8.29. The Bertz CT molecular complexity index is 446. The lowest BCUT2D eigenvalue weighted by atomic mass is 10.1. The van der Waals surface area contributed by atoms with Gasteiger partial charge in [0.2, 0.25) is 5.91 Å². The van der Waals surface area contributed by atoms with Crippen molar-refractivity contribution < 1.29 is 4.79 Å². The van der Waals surface area contributed by atoms with E-state index in [0.717, 1.165) is 23.4 Å². The summed E-state index contributed by atoms with van der Waals surface area (Å²) in [4.78, 5) is 11.9. The van der Waals surface area contributed by atoms with Crippen molar-refractivity contribution >= 4 is 29.0 Å². The summed E-state index contributed by atoms with van der Waals surface area (Å²) in [5, 5.41) is 3.58. The molecule has 0 saturated heterocycles. The van der Waals surface area contributed by atoms with E-state index in [2.05, 4.69) is 26.1 Å². The van der Waals surface area contributed by atoms with Crippen LogP contribution in [0.15, 0.2) is 18.2 Å². The van der Waals surface area contributed by atoms with Crippen LogP contribution < -0.4 is 11.1 Å². The maximum absolute atomic E-state index is 11.9. The molecular formula is C16H26N2OS. The largest absolute Gasteiger partial charge is 0.398 e. The standard InChI is InChI=1S/C16H26N2OS/c1-11(2)13(4)20-10-6-9-16(19)18-15-8-5-7-14(17)12(15)3/h5,7-8,11,13H,6,9-10,17H2,1-4H3,(H,18,19). The van der Waals surface area contributed by atoms with Gasteiger partial charge in [0.05, 0.1) is 0 Å². The highest BCUT2D eigenvalue weighted by atomic mass is 32.2. The highest BCUT2D eigenvalue weighted by Crippen LogP contribution is 2.22. The number of amides is 1. The maximum Gasteiger partial charge on any atom is 0.224 e. The molecule has 0 aliphatic rings. The van der Waals surface area contributed by atoms with Crippen molar-refractivity contribution in [2.24, 2.45) is 5.92 Å². The van der Waals surface area contributed by atoms with E-state index in [-0.39, 0.29) is 5.91 Å². The fourth-order valence-corrected chi connectivity index (χ4v) is 2.76. The zero-order chi connectivity index (χ0) is 15.1. The topological polar surface area (TPSA) is 55.1 Å². The van der Waals surface area contributed by atoms with Crippen LogP contribution in [0.4, 0.5) is 11.4 Å². The molecule has 1 rings (SSSR count). The zero-order valence-electron chi connectivity index (χ0n) is 12.9. The van der Waals surface area contributed by atoms with Crippen molar-refractivity contribution in [3.8, 4) is 0 Å². The van der Waals surface area contributed by atoms with Crippen molar-refractivity contribution in [3.05, 3.63) is 23.8 Å². The predicted molar refractivity (Wildman–Crippen MR) is 90.2 cm³/mol. The summed E-state index contributed by atoms with van der Waals surface area (Å²) >= 11 is 1.94. The van der Waals surface area contributed by atoms with Gasteiger partial charge in [-0.15, -0.1) is 0 Å². The number of benzene rings is 1. The van der Waals surface area contributed by atoms with Gasteiger partial charge in [-0.2, -0.15) is 11.8 Å². The Morgan fingerprint density at radius 1 is 1.35 bits per heavy atom. The number of carbonyl (C=O) groups is 1. The van der Waals surface area contributed by atoms with E-state index in [1.54, 1.807) is 0 Å². The number of thioether (sulfide) groups is 1. The molecule has 1 amide bonds. The van der Waals surface area contributed by atoms with Gasteiger partial charge in [-0.1, -0.05) is 26.8 Å². The molecule has 0 spiro atoms. The molecule has 0 heterocycles. The minimum absolute atomic E-state index is 0.0662. The van der Waals surface area contributed by atoms with Gasteiger partial charge in [-0.3, -0.25) is 4.79 Å². The van der Waals surface area contributed by atoms with Crippen LogP contribution >= 0.6 is 11.8 Å². The van der Waals surface area contributed by atoms with E-state index in [9.17, 15) is 4.79 Å². The van der Waals surface area contributed by atoms with E-state index in [0.29, 0.717) is 23.3 Å². The van der Waals surface area contributed by atoms with Crippen molar-refractivity contribution in [2.45, 2.75) is 45.8 Å². The summed E-state index contributed by atoms with van der Waals surface area (Å²) in [6.45, 7) is 8.62. The average Bonchev–Trinajstić information content (AvgIpc) is 2.39.